The van der Waals surface area contributed by atoms with Gasteiger partial charge in [0.05, 0.1) is 6.54 Å². The Kier molecular flexibility index (Phi) is 4.30. The maximum absolute atomic E-state index is 13.2. The maximum atomic E-state index is 13.2. The lowest BCUT2D eigenvalue weighted by Crippen LogP contribution is -2.53. The van der Waals surface area contributed by atoms with Gasteiger partial charge in [-0.3, -0.25) is 9.69 Å². The highest BCUT2D eigenvalue weighted by atomic mass is 16.6. The van der Waals surface area contributed by atoms with Crippen LogP contribution in [0.15, 0.2) is 54.6 Å². The van der Waals surface area contributed by atoms with E-state index in [1.165, 1.54) is 6.42 Å². The molecule has 2 heterocycles. The lowest BCUT2D eigenvalue weighted by atomic mass is 9.93. The van der Waals surface area contributed by atoms with Gasteiger partial charge in [0.2, 0.25) is 5.91 Å². The highest BCUT2D eigenvalue weighted by molar-refractivity contribution is 5.87. The largest absolute Gasteiger partial charge is 0.445 e. The van der Waals surface area contributed by atoms with Crippen LogP contribution in [0.3, 0.4) is 0 Å². The van der Waals surface area contributed by atoms with Crippen LogP contribution in [-0.4, -0.2) is 40.9 Å². The van der Waals surface area contributed by atoms with Crippen LogP contribution >= 0.6 is 0 Å². The fourth-order valence-electron chi connectivity index (χ4n) is 4.53. The molecule has 3 aliphatic rings. The van der Waals surface area contributed by atoms with Crippen molar-refractivity contribution < 1.29 is 14.3 Å². The number of carbonyl (C=O) groups is 2. The van der Waals surface area contributed by atoms with Crippen molar-refractivity contribution in [2.45, 2.75) is 32.0 Å². The first-order valence-corrected chi connectivity index (χ1v) is 10.0. The number of piperidine rings is 1. The molecule has 2 aromatic carbocycles. The van der Waals surface area contributed by atoms with Crippen LogP contribution in [0.5, 0.6) is 0 Å². The minimum Gasteiger partial charge on any atom is -0.445 e. The predicted octanol–water partition coefficient (Wildman–Crippen LogP) is 3.23. The monoisotopic (exact) mass is 376 g/mol. The summed E-state index contributed by atoms with van der Waals surface area (Å²) in [6, 6.07) is 17.2. The zero-order chi connectivity index (χ0) is 19.1. The molecule has 0 bridgehead atoms. The SMILES string of the molecule is O=C([C@@H]1Cc2ccccc2CN1C(=O)OCc1ccccc1)N1C[C@H]2C[C@H]2C1. The van der Waals surface area contributed by atoms with Crippen molar-refractivity contribution in [2.75, 3.05) is 13.1 Å². The Labute approximate surface area is 164 Å². The van der Waals surface area contributed by atoms with Gasteiger partial charge < -0.3 is 9.64 Å². The topological polar surface area (TPSA) is 49.9 Å². The third-order valence-corrected chi connectivity index (χ3v) is 6.26. The van der Waals surface area contributed by atoms with Crippen molar-refractivity contribution in [3.63, 3.8) is 0 Å². The van der Waals surface area contributed by atoms with E-state index in [1.54, 1.807) is 4.90 Å². The number of hydrogen-bond acceptors (Lipinski definition) is 3. The van der Waals surface area contributed by atoms with E-state index in [2.05, 4.69) is 6.07 Å². The molecule has 144 valence electrons. The molecule has 1 aliphatic carbocycles. The molecule has 0 N–H and O–H groups in total. The Balaban J connectivity index is 1.34. The highest BCUT2D eigenvalue weighted by Crippen LogP contribution is 2.45. The number of rotatable bonds is 3. The molecular formula is C23H24N2O3. The van der Waals surface area contributed by atoms with Gasteiger partial charge in [0.15, 0.2) is 0 Å². The summed E-state index contributed by atoms with van der Waals surface area (Å²) in [7, 11) is 0. The number of likely N-dealkylation sites (tertiary alicyclic amines) is 1. The van der Waals surface area contributed by atoms with Crippen LogP contribution in [0.2, 0.25) is 0 Å². The molecule has 5 rings (SSSR count). The molecule has 5 nitrogen and oxygen atoms in total. The molecule has 2 aromatic rings. The zero-order valence-electron chi connectivity index (χ0n) is 15.8. The van der Waals surface area contributed by atoms with Gasteiger partial charge in [-0.2, -0.15) is 0 Å². The summed E-state index contributed by atoms with van der Waals surface area (Å²) in [5, 5.41) is 0. The van der Waals surface area contributed by atoms with E-state index >= 15 is 0 Å². The summed E-state index contributed by atoms with van der Waals surface area (Å²) in [6.45, 7) is 2.32. The predicted molar refractivity (Wildman–Crippen MR) is 104 cm³/mol. The second-order valence-corrected chi connectivity index (χ2v) is 8.16. The third kappa shape index (κ3) is 3.26. The third-order valence-electron chi connectivity index (χ3n) is 6.26. The van der Waals surface area contributed by atoms with Crippen LogP contribution < -0.4 is 0 Å². The lowest BCUT2D eigenvalue weighted by molar-refractivity contribution is -0.136. The molecule has 5 heteroatoms. The van der Waals surface area contributed by atoms with Gasteiger partial charge in [-0.05, 0) is 34.9 Å². The Bertz CT molecular complexity index is 888. The van der Waals surface area contributed by atoms with E-state index in [1.807, 2.05) is 53.4 Å². The molecule has 1 saturated heterocycles. The number of hydrogen-bond donors (Lipinski definition) is 0. The van der Waals surface area contributed by atoms with E-state index in [9.17, 15) is 9.59 Å². The lowest BCUT2D eigenvalue weighted by Gasteiger charge is -2.37. The minimum absolute atomic E-state index is 0.0679. The van der Waals surface area contributed by atoms with Crippen LogP contribution in [0.25, 0.3) is 0 Å². The molecule has 0 spiro atoms. The van der Waals surface area contributed by atoms with Gasteiger partial charge in [-0.1, -0.05) is 54.6 Å². The first-order valence-electron chi connectivity index (χ1n) is 10.0. The van der Waals surface area contributed by atoms with E-state index in [-0.39, 0.29) is 12.5 Å². The highest BCUT2D eigenvalue weighted by Gasteiger charge is 2.49. The average molecular weight is 376 g/mol. The van der Waals surface area contributed by atoms with Crippen LogP contribution in [0, 0.1) is 11.8 Å². The Hall–Kier alpha value is -2.82. The first-order chi connectivity index (χ1) is 13.7. The molecule has 2 aliphatic heterocycles. The standard InChI is InChI=1S/C23H24N2O3/c26-22(24-12-19-10-20(19)13-24)21-11-17-8-4-5-9-18(17)14-25(21)23(27)28-15-16-6-2-1-3-7-16/h1-9,19-21H,10-15H2/t19-,20+,21-/m0/s1. The van der Waals surface area contributed by atoms with Crippen molar-refractivity contribution in [3.05, 3.63) is 71.3 Å². The molecular weight excluding hydrogens is 352 g/mol. The van der Waals surface area contributed by atoms with Crippen molar-refractivity contribution >= 4 is 12.0 Å². The van der Waals surface area contributed by atoms with Crippen molar-refractivity contribution in [1.82, 2.24) is 9.80 Å². The normalized spacial score (nSPS) is 25.1. The van der Waals surface area contributed by atoms with Gasteiger partial charge in [0.1, 0.15) is 12.6 Å². The van der Waals surface area contributed by atoms with Gasteiger partial charge >= 0.3 is 6.09 Å². The fraction of sp³-hybridized carbons (Fsp3) is 0.391. The van der Waals surface area contributed by atoms with Gasteiger partial charge in [-0.25, -0.2) is 4.79 Å². The fourth-order valence-corrected chi connectivity index (χ4v) is 4.53. The van der Waals surface area contributed by atoms with Crippen molar-refractivity contribution in [3.8, 4) is 0 Å². The second-order valence-electron chi connectivity index (χ2n) is 8.16. The second kappa shape index (κ2) is 6.97. The van der Waals surface area contributed by atoms with Crippen molar-refractivity contribution in [1.29, 1.82) is 0 Å². The first kappa shape index (κ1) is 17.3. The van der Waals surface area contributed by atoms with E-state index in [0.717, 1.165) is 29.8 Å². The number of ether oxygens (including phenoxy) is 1. The maximum Gasteiger partial charge on any atom is 0.411 e. The van der Waals surface area contributed by atoms with Crippen molar-refractivity contribution in [2.24, 2.45) is 11.8 Å². The Morgan fingerprint density at radius 1 is 0.929 bits per heavy atom. The van der Waals surface area contributed by atoms with Crippen LogP contribution in [0.1, 0.15) is 23.1 Å². The molecule has 0 unspecified atom stereocenters. The van der Waals surface area contributed by atoms with E-state index in [0.29, 0.717) is 24.8 Å². The summed E-state index contributed by atoms with van der Waals surface area (Å²) in [5.74, 6) is 1.43. The number of nitrogens with zero attached hydrogens (tertiary/aromatic N) is 2. The molecule has 28 heavy (non-hydrogen) atoms. The molecule has 0 aromatic heterocycles. The van der Waals surface area contributed by atoms with E-state index < -0.39 is 12.1 Å². The molecule has 2 fully saturated rings. The number of benzene rings is 2. The van der Waals surface area contributed by atoms with E-state index in [4.69, 9.17) is 4.74 Å². The molecule has 2 amide bonds. The number of fused-ring (bicyclic) bond motifs is 2. The minimum atomic E-state index is -0.476. The smallest absolute Gasteiger partial charge is 0.411 e. The number of carbonyl (C=O) groups excluding carboxylic acids is 2. The van der Waals surface area contributed by atoms with Gasteiger partial charge in [0, 0.05) is 19.5 Å². The number of amides is 2. The summed E-state index contributed by atoms with van der Waals surface area (Å²) < 4.78 is 5.57. The van der Waals surface area contributed by atoms with Crippen LogP contribution in [0.4, 0.5) is 4.79 Å². The average Bonchev–Trinajstić information content (AvgIpc) is 3.36. The zero-order valence-corrected chi connectivity index (χ0v) is 15.8. The summed E-state index contributed by atoms with van der Waals surface area (Å²) in [6.07, 6.45) is 1.39. The van der Waals surface area contributed by atoms with Crippen LogP contribution in [-0.2, 0) is 29.1 Å². The Morgan fingerprint density at radius 2 is 1.61 bits per heavy atom. The summed E-state index contributed by atoms with van der Waals surface area (Å²) >= 11 is 0. The molecule has 0 radical (unpaired) electrons. The summed E-state index contributed by atoms with van der Waals surface area (Å²) in [5.41, 5.74) is 3.18. The molecule has 3 atom stereocenters. The Morgan fingerprint density at radius 3 is 2.36 bits per heavy atom. The quantitative estimate of drug-likeness (QED) is 0.826. The van der Waals surface area contributed by atoms with Gasteiger partial charge in [0.25, 0.3) is 0 Å². The van der Waals surface area contributed by atoms with Gasteiger partial charge in [-0.15, -0.1) is 0 Å². The molecule has 1 saturated carbocycles. The summed E-state index contributed by atoms with van der Waals surface area (Å²) in [4.78, 5) is 29.7.